The highest BCUT2D eigenvalue weighted by Crippen LogP contribution is 2.16. The number of hydrogen-bond acceptors (Lipinski definition) is 4. The third-order valence-electron chi connectivity index (χ3n) is 3.21. The summed E-state index contributed by atoms with van der Waals surface area (Å²) in [4.78, 5) is 22.6. The molecule has 0 saturated carbocycles. The van der Waals surface area contributed by atoms with Crippen molar-refractivity contribution in [2.45, 2.75) is 39.2 Å². The van der Waals surface area contributed by atoms with Gasteiger partial charge in [0, 0.05) is 23.3 Å². The Kier molecular flexibility index (Phi) is 6.59. The van der Waals surface area contributed by atoms with Crippen molar-refractivity contribution >= 4 is 33.4 Å². The summed E-state index contributed by atoms with van der Waals surface area (Å²) in [6.07, 6.45) is 0.257. The fourth-order valence-electron chi connectivity index (χ4n) is 1.82. The molecule has 0 aliphatic rings. The third kappa shape index (κ3) is 7.32. The lowest BCUT2D eigenvalue weighted by Gasteiger charge is -2.25. The van der Waals surface area contributed by atoms with Crippen LogP contribution in [-0.4, -0.2) is 36.8 Å². The van der Waals surface area contributed by atoms with Gasteiger partial charge in [0.15, 0.2) is 0 Å². The largest absolute Gasteiger partial charge is 0.481 e. The molecule has 8 nitrogen and oxygen atoms in total. The van der Waals surface area contributed by atoms with E-state index in [1.807, 2.05) is 0 Å². The molecule has 0 unspecified atom stereocenters. The quantitative estimate of drug-likeness (QED) is 0.568. The zero-order chi connectivity index (χ0) is 18.4. The van der Waals surface area contributed by atoms with Gasteiger partial charge in [-0.3, -0.25) is 9.52 Å². The average Bonchev–Trinajstić information content (AvgIpc) is 2.46. The van der Waals surface area contributed by atoms with Crippen LogP contribution in [0, 0.1) is 0 Å². The van der Waals surface area contributed by atoms with Gasteiger partial charge in [-0.25, -0.2) is 13.2 Å². The number of carboxylic acid groups (broad SMARTS) is 1. The first-order chi connectivity index (χ1) is 11.0. The number of carboxylic acids is 1. The minimum absolute atomic E-state index is 0.0270. The number of carbonyl (C=O) groups excluding carboxylic acids is 1. The molecule has 24 heavy (non-hydrogen) atoms. The second kappa shape index (κ2) is 8.00. The lowest BCUT2D eigenvalue weighted by Crippen LogP contribution is -2.45. The number of urea groups is 1. The molecule has 0 saturated heterocycles. The van der Waals surface area contributed by atoms with Crippen LogP contribution in [0.4, 0.5) is 16.2 Å². The molecule has 1 aromatic rings. The van der Waals surface area contributed by atoms with Crippen molar-refractivity contribution in [2.75, 3.05) is 15.8 Å². The molecule has 0 fully saturated rings. The minimum atomic E-state index is -3.34. The Hall–Kier alpha value is -2.29. The second-order valence-electron chi connectivity index (χ2n) is 5.94. The summed E-state index contributed by atoms with van der Waals surface area (Å²) in [6, 6.07) is 5.75. The molecule has 0 aliphatic heterocycles. The molecular formula is C15H23N3O5S. The number of rotatable bonds is 8. The SMILES string of the molecule is CCS(=O)(=O)Nc1ccc(NC(=O)NC(C)(C)CCC(=O)O)cc1. The van der Waals surface area contributed by atoms with E-state index in [1.165, 1.54) is 6.92 Å². The molecule has 0 radical (unpaired) electrons. The van der Waals surface area contributed by atoms with Gasteiger partial charge in [0.2, 0.25) is 10.0 Å². The van der Waals surface area contributed by atoms with Crippen molar-refractivity contribution in [2.24, 2.45) is 0 Å². The van der Waals surface area contributed by atoms with Crippen molar-refractivity contribution in [3.05, 3.63) is 24.3 Å². The van der Waals surface area contributed by atoms with Crippen molar-refractivity contribution in [1.29, 1.82) is 0 Å². The first kappa shape index (κ1) is 19.8. The molecule has 0 aromatic heterocycles. The van der Waals surface area contributed by atoms with Gasteiger partial charge in [0.1, 0.15) is 0 Å². The number of benzene rings is 1. The number of aliphatic carboxylic acids is 1. The van der Waals surface area contributed by atoms with E-state index in [0.29, 0.717) is 17.8 Å². The van der Waals surface area contributed by atoms with E-state index in [0.717, 1.165) is 0 Å². The molecule has 4 N–H and O–H groups in total. The highest BCUT2D eigenvalue weighted by Gasteiger charge is 2.21. The van der Waals surface area contributed by atoms with Gasteiger partial charge in [-0.2, -0.15) is 0 Å². The van der Waals surface area contributed by atoms with Crippen LogP contribution in [0.15, 0.2) is 24.3 Å². The van der Waals surface area contributed by atoms with Crippen LogP contribution >= 0.6 is 0 Å². The maximum absolute atomic E-state index is 12.0. The second-order valence-corrected chi connectivity index (χ2v) is 7.95. The van der Waals surface area contributed by atoms with Gasteiger partial charge in [-0.15, -0.1) is 0 Å². The summed E-state index contributed by atoms with van der Waals surface area (Å²) in [7, 11) is -3.34. The standard InChI is InChI=1S/C15H23N3O5S/c1-4-24(22,23)18-12-7-5-11(6-8-12)16-14(21)17-15(2,3)10-9-13(19)20/h5-8,18H,4,9-10H2,1-3H3,(H,19,20)(H2,16,17,21). The van der Waals surface area contributed by atoms with E-state index < -0.39 is 27.6 Å². The van der Waals surface area contributed by atoms with E-state index in [1.54, 1.807) is 38.1 Å². The van der Waals surface area contributed by atoms with Gasteiger partial charge in [-0.1, -0.05) is 0 Å². The number of sulfonamides is 1. The zero-order valence-electron chi connectivity index (χ0n) is 13.9. The predicted octanol–water partition coefficient (Wildman–Crippen LogP) is 2.21. The Morgan fingerprint density at radius 2 is 1.67 bits per heavy atom. The van der Waals surface area contributed by atoms with Crippen LogP contribution in [0.1, 0.15) is 33.6 Å². The maximum Gasteiger partial charge on any atom is 0.319 e. The van der Waals surface area contributed by atoms with Gasteiger partial charge < -0.3 is 15.7 Å². The molecule has 1 rings (SSSR count). The van der Waals surface area contributed by atoms with Crippen LogP contribution in [0.5, 0.6) is 0 Å². The normalized spacial score (nSPS) is 11.6. The Morgan fingerprint density at radius 1 is 1.12 bits per heavy atom. The first-order valence-corrected chi connectivity index (χ1v) is 9.10. The van der Waals surface area contributed by atoms with E-state index >= 15 is 0 Å². The molecule has 0 bridgehead atoms. The lowest BCUT2D eigenvalue weighted by atomic mass is 9.99. The summed E-state index contributed by atoms with van der Waals surface area (Å²) in [5, 5.41) is 14.0. The Labute approximate surface area is 141 Å². The fourth-order valence-corrected chi connectivity index (χ4v) is 2.46. The fraction of sp³-hybridized carbons (Fsp3) is 0.467. The topological polar surface area (TPSA) is 125 Å². The highest BCUT2D eigenvalue weighted by molar-refractivity contribution is 7.92. The number of amides is 2. The summed E-state index contributed by atoms with van der Waals surface area (Å²) in [5.41, 5.74) is 0.227. The number of hydrogen-bond donors (Lipinski definition) is 4. The first-order valence-electron chi connectivity index (χ1n) is 7.44. The summed E-state index contributed by atoms with van der Waals surface area (Å²) in [5.74, 6) is -0.948. The van der Waals surface area contributed by atoms with Crippen LogP contribution in [0.25, 0.3) is 0 Å². The number of carbonyl (C=O) groups is 2. The Bertz CT molecular complexity index is 684. The molecule has 1 aromatic carbocycles. The Balaban J connectivity index is 2.60. The zero-order valence-corrected chi connectivity index (χ0v) is 14.7. The van der Waals surface area contributed by atoms with Crippen molar-refractivity contribution in [3.8, 4) is 0 Å². The summed E-state index contributed by atoms with van der Waals surface area (Å²) in [6.45, 7) is 5.00. The van der Waals surface area contributed by atoms with E-state index in [4.69, 9.17) is 5.11 Å². The molecule has 2 amide bonds. The minimum Gasteiger partial charge on any atom is -0.481 e. The molecule has 9 heteroatoms. The maximum atomic E-state index is 12.0. The van der Waals surface area contributed by atoms with Crippen LogP contribution in [0.2, 0.25) is 0 Å². The van der Waals surface area contributed by atoms with E-state index in [9.17, 15) is 18.0 Å². The van der Waals surface area contributed by atoms with Crippen molar-refractivity contribution in [3.63, 3.8) is 0 Å². The third-order valence-corrected chi connectivity index (χ3v) is 4.52. The smallest absolute Gasteiger partial charge is 0.319 e. The summed E-state index contributed by atoms with van der Waals surface area (Å²) < 4.78 is 25.3. The van der Waals surface area contributed by atoms with Crippen LogP contribution < -0.4 is 15.4 Å². The molecular weight excluding hydrogens is 334 g/mol. The molecule has 134 valence electrons. The number of anilines is 2. The highest BCUT2D eigenvalue weighted by atomic mass is 32.2. The van der Waals surface area contributed by atoms with Gasteiger partial charge in [0.25, 0.3) is 0 Å². The molecule has 0 aliphatic carbocycles. The van der Waals surface area contributed by atoms with E-state index in [2.05, 4.69) is 15.4 Å². The summed E-state index contributed by atoms with van der Waals surface area (Å²) >= 11 is 0. The van der Waals surface area contributed by atoms with Crippen molar-refractivity contribution in [1.82, 2.24) is 5.32 Å². The monoisotopic (exact) mass is 357 g/mol. The molecule has 0 heterocycles. The lowest BCUT2D eigenvalue weighted by molar-refractivity contribution is -0.137. The van der Waals surface area contributed by atoms with Gasteiger partial charge >= 0.3 is 12.0 Å². The van der Waals surface area contributed by atoms with Gasteiger partial charge in [0.05, 0.1) is 5.75 Å². The van der Waals surface area contributed by atoms with Crippen LogP contribution in [-0.2, 0) is 14.8 Å². The van der Waals surface area contributed by atoms with E-state index in [-0.39, 0.29) is 12.2 Å². The van der Waals surface area contributed by atoms with Gasteiger partial charge in [-0.05, 0) is 51.5 Å². The number of nitrogens with one attached hydrogen (secondary N) is 3. The molecule has 0 spiro atoms. The van der Waals surface area contributed by atoms with Crippen LogP contribution in [0.3, 0.4) is 0 Å². The average molecular weight is 357 g/mol. The Morgan fingerprint density at radius 3 is 2.17 bits per heavy atom. The molecule has 0 atom stereocenters. The predicted molar refractivity (Wildman–Crippen MR) is 92.6 cm³/mol. The van der Waals surface area contributed by atoms with Crippen molar-refractivity contribution < 1.29 is 23.1 Å².